The van der Waals surface area contributed by atoms with Crippen LogP contribution in [0.25, 0.3) is 0 Å². The van der Waals surface area contributed by atoms with E-state index in [1.54, 1.807) is 18.2 Å². The Bertz CT molecular complexity index is 497. The average Bonchev–Trinajstić information content (AvgIpc) is 2.57. The molecule has 0 aliphatic carbocycles. The van der Waals surface area contributed by atoms with Gasteiger partial charge in [0.05, 0.1) is 4.90 Å². The fourth-order valence-electron chi connectivity index (χ4n) is 2.04. The zero-order valence-corrected chi connectivity index (χ0v) is 12.4. The van der Waals surface area contributed by atoms with Crippen molar-refractivity contribution in [3.8, 4) is 0 Å². The second kappa shape index (κ2) is 6.14. The highest BCUT2D eigenvalue weighted by atomic mass is 79.9. The summed E-state index contributed by atoms with van der Waals surface area (Å²) in [5, 5.41) is 3.25. The van der Waals surface area contributed by atoms with Crippen molar-refractivity contribution in [1.82, 2.24) is 10.0 Å². The lowest BCUT2D eigenvalue weighted by molar-refractivity contribution is 0.521. The molecule has 100 valence electrons. The SMILES string of the molecule is O=S(=O)(NC1CCCCNC1)c1cccc(Br)c1. The first kappa shape index (κ1) is 14.0. The molecule has 0 radical (unpaired) electrons. The molecule has 1 heterocycles. The minimum absolute atomic E-state index is 0.0171. The van der Waals surface area contributed by atoms with E-state index in [-0.39, 0.29) is 6.04 Å². The Balaban J connectivity index is 2.11. The van der Waals surface area contributed by atoms with Gasteiger partial charge in [0.2, 0.25) is 10.0 Å². The van der Waals surface area contributed by atoms with Crippen molar-refractivity contribution >= 4 is 26.0 Å². The van der Waals surface area contributed by atoms with E-state index in [1.807, 2.05) is 6.07 Å². The molecule has 0 saturated carbocycles. The van der Waals surface area contributed by atoms with Crippen LogP contribution in [0.3, 0.4) is 0 Å². The molecule has 1 aliphatic rings. The Labute approximate surface area is 116 Å². The fraction of sp³-hybridized carbons (Fsp3) is 0.500. The van der Waals surface area contributed by atoms with Crippen LogP contribution in [0.2, 0.25) is 0 Å². The smallest absolute Gasteiger partial charge is 0.240 e. The van der Waals surface area contributed by atoms with E-state index in [0.717, 1.165) is 30.3 Å². The van der Waals surface area contributed by atoms with Gasteiger partial charge in [-0.1, -0.05) is 28.4 Å². The maximum absolute atomic E-state index is 12.2. The summed E-state index contributed by atoms with van der Waals surface area (Å²) in [5.41, 5.74) is 0. The maximum Gasteiger partial charge on any atom is 0.240 e. The minimum Gasteiger partial charge on any atom is -0.315 e. The topological polar surface area (TPSA) is 58.2 Å². The summed E-state index contributed by atoms with van der Waals surface area (Å²) in [6.07, 6.45) is 3.05. The van der Waals surface area contributed by atoms with Crippen LogP contribution in [0, 0.1) is 0 Å². The molecule has 0 bridgehead atoms. The van der Waals surface area contributed by atoms with Crippen molar-refractivity contribution in [3.05, 3.63) is 28.7 Å². The lowest BCUT2D eigenvalue weighted by atomic mass is 10.2. The Morgan fingerprint density at radius 1 is 1.33 bits per heavy atom. The van der Waals surface area contributed by atoms with Gasteiger partial charge in [0.25, 0.3) is 0 Å². The number of rotatable bonds is 3. The first-order chi connectivity index (χ1) is 8.58. The van der Waals surface area contributed by atoms with Crippen LogP contribution < -0.4 is 10.0 Å². The molecular formula is C12H17BrN2O2S. The van der Waals surface area contributed by atoms with E-state index in [0.29, 0.717) is 11.4 Å². The average molecular weight is 333 g/mol. The molecule has 0 spiro atoms. The lowest BCUT2D eigenvalue weighted by Crippen LogP contribution is -2.40. The zero-order chi connectivity index (χ0) is 13.0. The summed E-state index contributed by atoms with van der Waals surface area (Å²) < 4.78 is 27.9. The molecule has 18 heavy (non-hydrogen) atoms. The van der Waals surface area contributed by atoms with Crippen LogP contribution in [0.1, 0.15) is 19.3 Å². The first-order valence-electron chi connectivity index (χ1n) is 6.06. The molecule has 1 unspecified atom stereocenters. The third kappa shape index (κ3) is 3.78. The zero-order valence-electron chi connectivity index (χ0n) is 10.0. The Morgan fingerprint density at radius 2 is 2.17 bits per heavy atom. The lowest BCUT2D eigenvalue weighted by Gasteiger charge is -2.16. The number of hydrogen-bond acceptors (Lipinski definition) is 3. The summed E-state index contributed by atoms with van der Waals surface area (Å²) in [4.78, 5) is 0.307. The van der Waals surface area contributed by atoms with Crippen molar-refractivity contribution in [3.63, 3.8) is 0 Å². The Kier molecular flexibility index (Phi) is 4.77. The number of nitrogens with one attached hydrogen (secondary N) is 2. The van der Waals surface area contributed by atoms with Crippen LogP contribution in [0.4, 0.5) is 0 Å². The minimum atomic E-state index is -3.42. The van der Waals surface area contributed by atoms with Gasteiger partial charge in [-0.3, -0.25) is 0 Å². The second-order valence-electron chi connectivity index (χ2n) is 4.48. The molecule has 0 amide bonds. The first-order valence-corrected chi connectivity index (χ1v) is 8.34. The van der Waals surface area contributed by atoms with Crippen molar-refractivity contribution < 1.29 is 8.42 Å². The van der Waals surface area contributed by atoms with E-state index in [4.69, 9.17) is 0 Å². The van der Waals surface area contributed by atoms with Crippen LogP contribution >= 0.6 is 15.9 Å². The summed E-state index contributed by atoms with van der Waals surface area (Å²) >= 11 is 3.29. The van der Waals surface area contributed by atoms with Crippen LogP contribution in [-0.4, -0.2) is 27.5 Å². The van der Waals surface area contributed by atoms with E-state index >= 15 is 0 Å². The molecule has 1 aromatic carbocycles. The van der Waals surface area contributed by atoms with Gasteiger partial charge >= 0.3 is 0 Å². The quantitative estimate of drug-likeness (QED) is 0.888. The van der Waals surface area contributed by atoms with Gasteiger partial charge in [0, 0.05) is 17.1 Å². The predicted octanol–water partition coefficient (Wildman–Crippen LogP) is 1.87. The highest BCUT2D eigenvalue weighted by molar-refractivity contribution is 9.10. The summed E-state index contributed by atoms with van der Waals surface area (Å²) in [5.74, 6) is 0. The Hall–Kier alpha value is -0.430. The largest absolute Gasteiger partial charge is 0.315 e. The van der Waals surface area contributed by atoms with Crippen molar-refractivity contribution in [2.75, 3.05) is 13.1 Å². The van der Waals surface area contributed by atoms with E-state index in [1.165, 1.54) is 0 Å². The standard InChI is InChI=1S/C12H17BrN2O2S/c13-10-4-3-6-12(8-10)18(16,17)15-11-5-1-2-7-14-9-11/h3-4,6,8,11,14-15H,1-2,5,7,9H2. The highest BCUT2D eigenvalue weighted by Crippen LogP contribution is 2.17. The molecule has 1 aliphatic heterocycles. The molecule has 2 N–H and O–H groups in total. The molecule has 0 aromatic heterocycles. The number of halogens is 1. The molecule has 6 heteroatoms. The molecule has 1 atom stereocenters. The predicted molar refractivity (Wildman–Crippen MR) is 75.0 cm³/mol. The summed E-state index contributed by atoms with van der Waals surface area (Å²) in [6.45, 7) is 1.67. The Morgan fingerprint density at radius 3 is 2.94 bits per heavy atom. The van der Waals surface area contributed by atoms with Gasteiger partial charge in [-0.2, -0.15) is 0 Å². The number of hydrogen-bond donors (Lipinski definition) is 2. The van der Waals surface area contributed by atoms with Crippen LogP contribution in [0.15, 0.2) is 33.6 Å². The van der Waals surface area contributed by atoms with Gasteiger partial charge in [-0.25, -0.2) is 13.1 Å². The molecule has 1 saturated heterocycles. The van der Waals surface area contributed by atoms with Crippen LogP contribution in [-0.2, 0) is 10.0 Å². The molecule has 2 rings (SSSR count). The van der Waals surface area contributed by atoms with Crippen molar-refractivity contribution in [1.29, 1.82) is 0 Å². The van der Waals surface area contributed by atoms with Crippen molar-refractivity contribution in [2.45, 2.75) is 30.2 Å². The highest BCUT2D eigenvalue weighted by Gasteiger charge is 2.20. The van der Waals surface area contributed by atoms with Gasteiger partial charge in [0.15, 0.2) is 0 Å². The molecule has 1 aromatic rings. The van der Waals surface area contributed by atoms with E-state index in [9.17, 15) is 8.42 Å². The summed E-state index contributed by atoms with van der Waals surface area (Å²) in [7, 11) is -3.42. The van der Waals surface area contributed by atoms with Crippen molar-refractivity contribution in [2.24, 2.45) is 0 Å². The molecule has 4 nitrogen and oxygen atoms in total. The third-order valence-corrected chi connectivity index (χ3v) is 4.99. The van der Waals surface area contributed by atoms with E-state index in [2.05, 4.69) is 26.0 Å². The summed E-state index contributed by atoms with van der Waals surface area (Å²) in [6, 6.07) is 6.75. The fourth-order valence-corrected chi connectivity index (χ4v) is 3.91. The van der Waals surface area contributed by atoms with Gasteiger partial charge in [-0.15, -0.1) is 0 Å². The number of sulfonamides is 1. The molecule has 1 fully saturated rings. The molecular weight excluding hydrogens is 316 g/mol. The van der Waals surface area contributed by atoms with Gasteiger partial charge in [-0.05, 0) is 37.6 Å². The normalized spacial score (nSPS) is 21.5. The maximum atomic E-state index is 12.2. The van der Waals surface area contributed by atoms with Crippen LogP contribution in [0.5, 0.6) is 0 Å². The van der Waals surface area contributed by atoms with E-state index < -0.39 is 10.0 Å². The monoisotopic (exact) mass is 332 g/mol. The van der Waals surface area contributed by atoms with Gasteiger partial charge in [0.1, 0.15) is 0 Å². The van der Waals surface area contributed by atoms with Gasteiger partial charge < -0.3 is 5.32 Å². The number of benzene rings is 1. The second-order valence-corrected chi connectivity index (χ2v) is 7.11. The third-order valence-electron chi connectivity index (χ3n) is 2.98.